The number of imidazole rings is 1. The molecular formula is C23H23N3. The SMILES string of the molecule is Cc1ccccc1-c1nc2c(C)cccn2c1Nc1c(C)cccc1C. The lowest BCUT2D eigenvalue weighted by Crippen LogP contribution is -2.01. The van der Waals surface area contributed by atoms with E-state index in [1.54, 1.807) is 0 Å². The average molecular weight is 341 g/mol. The highest BCUT2D eigenvalue weighted by Gasteiger charge is 2.18. The minimum Gasteiger partial charge on any atom is -0.339 e. The maximum absolute atomic E-state index is 5.00. The van der Waals surface area contributed by atoms with Crippen LogP contribution in [0.25, 0.3) is 16.9 Å². The molecule has 0 aliphatic carbocycles. The third-order valence-corrected chi connectivity index (χ3v) is 4.97. The Kier molecular flexibility index (Phi) is 4.00. The van der Waals surface area contributed by atoms with Crippen molar-refractivity contribution in [1.82, 2.24) is 9.38 Å². The zero-order valence-corrected chi connectivity index (χ0v) is 15.7. The summed E-state index contributed by atoms with van der Waals surface area (Å²) < 4.78 is 2.16. The van der Waals surface area contributed by atoms with Crippen molar-refractivity contribution in [3.05, 3.63) is 83.0 Å². The lowest BCUT2D eigenvalue weighted by molar-refractivity contribution is 1.16. The summed E-state index contributed by atoms with van der Waals surface area (Å²) in [6, 6.07) is 19.0. The first-order valence-electron chi connectivity index (χ1n) is 8.93. The Balaban J connectivity index is 1.99. The smallest absolute Gasteiger partial charge is 0.143 e. The van der Waals surface area contributed by atoms with Crippen LogP contribution in [0, 0.1) is 27.7 Å². The molecule has 3 nitrogen and oxygen atoms in total. The molecular weight excluding hydrogens is 318 g/mol. The molecule has 0 unspecified atom stereocenters. The fraction of sp³-hybridized carbons (Fsp3) is 0.174. The molecule has 0 saturated carbocycles. The highest BCUT2D eigenvalue weighted by Crippen LogP contribution is 2.35. The summed E-state index contributed by atoms with van der Waals surface area (Å²) in [4.78, 5) is 5.00. The van der Waals surface area contributed by atoms with Crippen LogP contribution in [0.1, 0.15) is 22.3 Å². The van der Waals surface area contributed by atoms with Crippen LogP contribution in [0.3, 0.4) is 0 Å². The summed E-state index contributed by atoms with van der Waals surface area (Å²) in [6.45, 7) is 8.51. The van der Waals surface area contributed by atoms with Gasteiger partial charge in [-0.1, -0.05) is 48.5 Å². The number of nitrogens with zero attached hydrogens (tertiary/aromatic N) is 2. The number of hydrogen-bond acceptors (Lipinski definition) is 2. The van der Waals surface area contributed by atoms with Crippen molar-refractivity contribution in [3.63, 3.8) is 0 Å². The van der Waals surface area contributed by atoms with Gasteiger partial charge < -0.3 is 5.32 Å². The molecule has 0 spiro atoms. The molecule has 130 valence electrons. The van der Waals surface area contributed by atoms with Crippen LogP contribution in [0.15, 0.2) is 60.8 Å². The fourth-order valence-electron chi connectivity index (χ4n) is 3.48. The molecule has 3 heteroatoms. The van der Waals surface area contributed by atoms with E-state index in [1.165, 1.54) is 16.7 Å². The first-order chi connectivity index (χ1) is 12.6. The highest BCUT2D eigenvalue weighted by molar-refractivity contribution is 5.83. The summed E-state index contributed by atoms with van der Waals surface area (Å²) in [5.74, 6) is 1.01. The number of aryl methyl sites for hydroxylation is 4. The van der Waals surface area contributed by atoms with E-state index >= 15 is 0 Å². The van der Waals surface area contributed by atoms with Gasteiger partial charge in [-0.2, -0.15) is 0 Å². The summed E-state index contributed by atoms with van der Waals surface area (Å²) in [5.41, 5.74) is 9.11. The molecule has 1 N–H and O–H groups in total. The molecule has 0 radical (unpaired) electrons. The van der Waals surface area contributed by atoms with Gasteiger partial charge >= 0.3 is 0 Å². The van der Waals surface area contributed by atoms with E-state index in [0.717, 1.165) is 34.0 Å². The number of benzene rings is 2. The lowest BCUT2D eigenvalue weighted by Gasteiger charge is -2.14. The molecule has 4 aromatic rings. The van der Waals surface area contributed by atoms with E-state index in [2.05, 4.69) is 98.2 Å². The summed E-state index contributed by atoms with van der Waals surface area (Å²) >= 11 is 0. The largest absolute Gasteiger partial charge is 0.339 e. The van der Waals surface area contributed by atoms with Crippen LogP contribution in [0.2, 0.25) is 0 Å². The summed E-state index contributed by atoms with van der Waals surface area (Å²) in [6.07, 6.45) is 2.08. The minimum absolute atomic E-state index is 0.986. The minimum atomic E-state index is 0.986. The Morgan fingerprint density at radius 3 is 2.12 bits per heavy atom. The standard InChI is InChI=1S/C23H23N3/c1-15-9-5-6-13-19(15)21-23(24-20-16(2)10-7-11-17(20)3)26-14-8-12-18(4)22(26)25-21/h5-14,24H,1-4H3. The Labute approximate surface area is 154 Å². The summed E-state index contributed by atoms with van der Waals surface area (Å²) in [5, 5.41) is 3.69. The highest BCUT2D eigenvalue weighted by atomic mass is 15.1. The first-order valence-corrected chi connectivity index (χ1v) is 8.93. The molecule has 0 atom stereocenters. The maximum Gasteiger partial charge on any atom is 0.143 e. The molecule has 2 aromatic heterocycles. The molecule has 0 aliphatic heterocycles. The quantitative estimate of drug-likeness (QED) is 0.497. The maximum atomic E-state index is 5.00. The van der Waals surface area contributed by atoms with Crippen LogP contribution in [0.5, 0.6) is 0 Å². The first kappa shape index (κ1) is 16.4. The summed E-state index contributed by atoms with van der Waals surface area (Å²) in [7, 11) is 0. The number of pyridine rings is 1. The molecule has 4 rings (SSSR count). The van der Waals surface area contributed by atoms with Gasteiger partial charge in [0.05, 0.1) is 0 Å². The second-order valence-corrected chi connectivity index (χ2v) is 6.90. The second-order valence-electron chi connectivity index (χ2n) is 6.90. The number of fused-ring (bicyclic) bond motifs is 1. The van der Waals surface area contributed by atoms with Crippen LogP contribution >= 0.6 is 0 Å². The van der Waals surface area contributed by atoms with Crippen LogP contribution < -0.4 is 5.32 Å². The van der Waals surface area contributed by atoms with E-state index < -0.39 is 0 Å². The Bertz CT molecular complexity index is 1090. The molecule has 0 saturated heterocycles. The topological polar surface area (TPSA) is 29.3 Å². The van der Waals surface area contributed by atoms with E-state index in [4.69, 9.17) is 4.98 Å². The number of anilines is 2. The van der Waals surface area contributed by atoms with Crippen molar-refractivity contribution in [2.45, 2.75) is 27.7 Å². The fourth-order valence-corrected chi connectivity index (χ4v) is 3.48. The van der Waals surface area contributed by atoms with Gasteiger partial charge in [0.2, 0.25) is 0 Å². The zero-order chi connectivity index (χ0) is 18.3. The Hall–Kier alpha value is -3.07. The number of nitrogens with one attached hydrogen (secondary N) is 1. The van der Waals surface area contributed by atoms with E-state index in [-0.39, 0.29) is 0 Å². The average Bonchev–Trinajstić information content (AvgIpc) is 2.98. The normalized spacial score (nSPS) is 11.1. The van der Waals surface area contributed by atoms with Gasteiger partial charge in [0, 0.05) is 17.4 Å². The van der Waals surface area contributed by atoms with Gasteiger partial charge in [-0.05, 0) is 56.0 Å². The Morgan fingerprint density at radius 1 is 0.731 bits per heavy atom. The predicted molar refractivity (Wildman–Crippen MR) is 109 cm³/mol. The van der Waals surface area contributed by atoms with Crippen LogP contribution in [0.4, 0.5) is 11.5 Å². The third-order valence-electron chi connectivity index (χ3n) is 4.97. The van der Waals surface area contributed by atoms with Crippen molar-refractivity contribution in [1.29, 1.82) is 0 Å². The van der Waals surface area contributed by atoms with Gasteiger partial charge in [0.15, 0.2) is 0 Å². The molecule has 0 bridgehead atoms. The Morgan fingerprint density at radius 2 is 1.38 bits per heavy atom. The van der Waals surface area contributed by atoms with Crippen molar-refractivity contribution in [3.8, 4) is 11.3 Å². The molecule has 0 fully saturated rings. The van der Waals surface area contributed by atoms with E-state index in [9.17, 15) is 0 Å². The van der Waals surface area contributed by atoms with Crippen LogP contribution in [-0.4, -0.2) is 9.38 Å². The molecule has 0 amide bonds. The van der Waals surface area contributed by atoms with Gasteiger partial charge in [-0.15, -0.1) is 0 Å². The number of para-hydroxylation sites is 1. The second kappa shape index (κ2) is 6.34. The van der Waals surface area contributed by atoms with Crippen molar-refractivity contribution >= 4 is 17.2 Å². The van der Waals surface area contributed by atoms with E-state index in [1.807, 2.05) is 0 Å². The monoisotopic (exact) mass is 341 g/mol. The predicted octanol–water partition coefficient (Wildman–Crippen LogP) is 5.98. The van der Waals surface area contributed by atoms with Gasteiger partial charge in [-0.3, -0.25) is 4.40 Å². The van der Waals surface area contributed by atoms with Crippen molar-refractivity contribution < 1.29 is 0 Å². The molecule has 2 aromatic carbocycles. The lowest BCUT2D eigenvalue weighted by atomic mass is 10.1. The number of aromatic nitrogens is 2. The zero-order valence-electron chi connectivity index (χ0n) is 15.7. The van der Waals surface area contributed by atoms with Gasteiger partial charge in [0.25, 0.3) is 0 Å². The van der Waals surface area contributed by atoms with Crippen LogP contribution in [-0.2, 0) is 0 Å². The number of rotatable bonds is 3. The van der Waals surface area contributed by atoms with Crippen molar-refractivity contribution in [2.75, 3.05) is 5.32 Å². The van der Waals surface area contributed by atoms with Gasteiger partial charge in [-0.25, -0.2) is 4.98 Å². The molecule has 0 aliphatic rings. The third kappa shape index (κ3) is 2.66. The molecule has 2 heterocycles. The van der Waals surface area contributed by atoms with Gasteiger partial charge in [0.1, 0.15) is 17.2 Å². The molecule has 26 heavy (non-hydrogen) atoms. The number of hydrogen-bond donors (Lipinski definition) is 1. The van der Waals surface area contributed by atoms with E-state index in [0.29, 0.717) is 0 Å². The van der Waals surface area contributed by atoms with Crippen molar-refractivity contribution in [2.24, 2.45) is 0 Å².